The zero-order chi connectivity index (χ0) is 12.4. The molecule has 0 saturated heterocycles. The monoisotopic (exact) mass is 304 g/mol. The Bertz CT molecular complexity index is 665. The van der Waals surface area contributed by atoms with E-state index in [0.717, 1.165) is 10.0 Å². The van der Waals surface area contributed by atoms with E-state index < -0.39 is 0 Å². The van der Waals surface area contributed by atoms with E-state index >= 15 is 0 Å². The number of ether oxygens (including phenoxy) is 1. The fourth-order valence-electron chi connectivity index (χ4n) is 1.58. The molecule has 0 radical (unpaired) electrons. The molecule has 1 N–H and O–H groups in total. The first-order valence-electron chi connectivity index (χ1n) is 5.34. The molecule has 18 heavy (non-hydrogen) atoms. The highest BCUT2D eigenvalue weighted by Gasteiger charge is 2.07. The summed E-state index contributed by atoms with van der Waals surface area (Å²) in [5.74, 6) is 0.490. The molecule has 3 aromatic rings. The molecule has 0 aliphatic carbocycles. The lowest BCUT2D eigenvalue weighted by atomic mass is 10.2. The molecule has 90 valence electrons. The van der Waals surface area contributed by atoms with Crippen molar-refractivity contribution in [3.63, 3.8) is 0 Å². The Kier molecular flexibility index (Phi) is 2.93. The summed E-state index contributed by atoms with van der Waals surface area (Å²) >= 11 is 3.39. The SMILES string of the molecule is Brc1ccc(COc2ncnc3[nH]cnc23)cc1. The van der Waals surface area contributed by atoms with Crippen LogP contribution in [-0.2, 0) is 6.61 Å². The average molecular weight is 305 g/mol. The van der Waals surface area contributed by atoms with Crippen molar-refractivity contribution in [3.05, 3.63) is 47.0 Å². The summed E-state index contributed by atoms with van der Waals surface area (Å²) in [5.41, 5.74) is 2.39. The number of nitrogens with zero attached hydrogens (tertiary/aromatic N) is 3. The number of hydrogen-bond acceptors (Lipinski definition) is 4. The van der Waals surface area contributed by atoms with Crippen molar-refractivity contribution in [2.75, 3.05) is 0 Å². The van der Waals surface area contributed by atoms with Gasteiger partial charge in [-0.05, 0) is 17.7 Å². The molecule has 0 amide bonds. The predicted molar refractivity (Wildman–Crippen MR) is 70.2 cm³/mol. The van der Waals surface area contributed by atoms with Crippen LogP contribution >= 0.6 is 15.9 Å². The van der Waals surface area contributed by atoms with Crippen molar-refractivity contribution in [1.29, 1.82) is 0 Å². The highest BCUT2D eigenvalue weighted by Crippen LogP contribution is 2.18. The van der Waals surface area contributed by atoms with Crippen molar-refractivity contribution in [1.82, 2.24) is 19.9 Å². The van der Waals surface area contributed by atoms with Crippen molar-refractivity contribution in [2.45, 2.75) is 6.61 Å². The molecule has 5 nitrogen and oxygen atoms in total. The van der Waals surface area contributed by atoms with E-state index in [1.807, 2.05) is 24.3 Å². The van der Waals surface area contributed by atoms with Gasteiger partial charge in [0.25, 0.3) is 0 Å². The molecule has 0 bridgehead atoms. The lowest BCUT2D eigenvalue weighted by Crippen LogP contribution is -1.98. The summed E-state index contributed by atoms with van der Waals surface area (Å²) in [6, 6.07) is 7.94. The number of imidazole rings is 1. The number of fused-ring (bicyclic) bond motifs is 1. The van der Waals surface area contributed by atoms with Crippen molar-refractivity contribution in [3.8, 4) is 5.88 Å². The number of H-pyrrole nitrogens is 1. The number of aromatic amines is 1. The minimum atomic E-state index is 0.451. The first-order valence-corrected chi connectivity index (χ1v) is 6.13. The molecule has 2 aromatic heterocycles. The molecule has 6 heteroatoms. The summed E-state index contributed by atoms with van der Waals surface area (Å²) in [5, 5.41) is 0. The first kappa shape index (κ1) is 11.2. The van der Waals surface area contributed by atoms with Gasteiger partial charge < -0.3 is 9.72 Å². The second-order valence-corrected chi connectivity index (χ2v) is 4.61. The number of nitrogens with one attached hydrogen (secondary N) is 1. The Morgan fingerprint density at radius 3 is 2.78 bits per heavy atom. The molecule has 0 saturated carbocycles. The fourth-order valence-corrected chi connectivity index (χ4v) is 1.84. The standard InChI is InChI=1S/C12H9BrN4O/c13-9-3-1-8(2-4-9)5-18-12-10-11(15-6-14-10)16-7-17-12/h1-4,6-7H,5H2,(H,14,15,16,17). The molecule has 0 spiro atoms. The largest absolute Gasteiger partial charge is 0.471 e. The third kappa shape index (κ3) is 2.19. The molecule has 2 heterocycles. The highest BCUT2D eigenvalue weighted by molar-refractivity contribution is 9.10. The number of aromatic nitrogens is 4. The molecular formula is C12H9BrN4O. The lowest BCUT2D eigenvalue weighted by molar-refractivity contribution is 0.297. The van der Waals surface area contributed by atoms with Gasteiger partial charge in [-0.3, -0.25) is 0 Å². The van der Waals surface area contributed by atoms with E-state index in [2.05, 4.69) is 35.9 Å². The van der Waals surface area contributed by atoms with Gasteiger partial charge in [-0.1, -0.05) is 28.1 Å². The lowest BCUT2D eigenvalue weighted by Gasteiger charge is -2.05. The van der Waals surface area contributed by atoms with Crippen LogP contribution in [0.4, 0.5) is 0 Å². The predicted octanol–water partition coefficient (Wildman–Crippen LogP) is 2.69. The van der Waals surface area contributed by atoms with Crippen LogP contribution < -0.4 is 4.74 Å². The van der Waals surface area contributed by atoms with Crippen molar-refractivity contribution < 1.29 is 4.74 Å². The minimum absolute atomic E-state index is 0.451. The van der Waals surface area contributed by atoms with Gasteiger partial charge in [0.2, 0.25) is 5.88 Å². The van der Waals surface area contributed by atoms with Crippen LogP contribution in [0.1, 0.15) is 5.56 Å². The summed E-state index contributed by atoms with van der Waals surface area (Å²) in [4.78, 5) is 15.2. The van der Waals surface area contributed by atoms with Gasteiger partial charge in [0, 0.05) is 4.47 Å². The number of benzene rings is 1. The van der Waals surface area contributed by atoms with Gasteiger partial charge in [0.1, 0.15) is 12.9 Å². The van der Waals surface area contributed by atoms with Crippen molar-refractivity contribution in [2.24, 2.45) is 0 Å². The molecule has 0 aliphatic rings. The normalized spacial score (nSPS) is 10.7. The maximum atomic E-state index is 5.65. The molecule has 0 unspecified atom stereocenters. The van der Waals surface area contributed by atoms with Crippen LogP contribution in [0.25, 0.3) is 11.2 Å². The zero-order valence-electron chi connectivity index (χ0n) is 9.30. The van der Waals surface area contributed by atoms with E-state index in [-0.39, 0.29) is 0 Å². The van der Waals surface area contributed by atoms with Crippen LogP contribution in [0, 0.1) is 0 Å². The number of halogens is 1. The van der Waals surface area contributed by atoms with Gasteiger partial charge in [-0.2, -0.15) is 4.98 Å². The summed E-state index contributed by atoms with van der Waals surface area (Å²) in [6.45, 7) is 0.451. The average Bonchev–Trinajstić information content (AvgIpc) is 2.87. The molecule has 0 aliphatic heterocycles. The van der Waals surface area contributed by atoms with E-state index in [0.29, 0.717) is 23.7 Å². The Morgan fingerprint density at radius 2 is 1.94 bits per heavy atom. The van der Waals surface area contributed by atoms with Crippen LogP contribution in [0.5, 0.6) is 5.88 Å². The third-order valence-corrected chi connectivity index (χ3v) is 3.00. The van der Waals surface area contributed by atoms with Gasteiger partial charge in [0.05, 0.1) is 6.33 Å². The second kappa shape index (κ2) is 4.73. The van der Waals surface area contributed by atoms with Crippen LogP contribution in [0.15, 0.2) is 41.4 Å². The summed E-state index contributed by atoms with van der Waals surface area (Å²) in [6.07, 6.45) is 3.03. The maximum absolute atomic E-state index is 5.65. The smallest absolute Gasteiger partial charge is 0.245 e. The van der Waals surface area contributed by atoms with E-state index in [1.165, 1.54) is 6.33 Å². The second-order valence-electron chi connectivity index (χ2n) is 3.69. The maximum Gasteiger partial charge on any atom is 0.245 e. The Hall–Kier alpha value is -1.95. The van der Waals surface area contributed by atoms with E-state index in [1.54, 1.807) is 6.33 Å². The van der Waals surface area contributed by atoms with Crippen molar-refractivity contribution >= 4 is 27.1 Å². The Balaban J connectivity index is 1.80. The third-order valence-electron chi connectivity index (χ3n) is 2.47. The fraction of sp³-hybridized carbons (Fsp3) is 0.0833. The summed E-state index contributed by atoms with van der Waals surface area (Å²) in [7, 11) is 0. The van der Waals surface area contributed by atoms with Gasteiger partial charge in [0.15, 0.2) is 11.2 Å². The quantitative estimate of drug-likeness (QED) is 0.808. The van der Waals surface area contributed by atoms with E-state index in [4.69, 9.17) is 4.74 Å². The highest BCUT2D eigenvalue weighted by atomic mass is 79.9. The van der Waals surface area contributed by atoms with Crippen LogP contribution in [0.2, 0.25) is 0 Å². The molecule has 0 atom stereocenters. The summed E-state index contributed by atoms with van der Waals surface area (Å²) < 4.78 is 6.70. The molecule has 0 fully saturated rings. The molecular weight excluding hydrogens is 296 g/mol. The number of rotatable bonds is 3. The van der Waals surface area contributed by atoms with Gasteiger partial charge >= 0.3 is 0 Å². The molecule has 1 aromatic carbocycles. The first-order chi connectivity index (χ1) is 8.83. The number of hydrogen-bond donors (Lipinski definition) is 1. The van der Waals surface area contributed by atoms with Crippen LogP contribution in [0.3, 0.4) is 0 Å². The molecule has 3 rings (SSSR count). The van der Waals surface area contributed by atoms with Gasteiger partial charge in [-0.15, -0.1) is 0 Å². The topological polar surface area (TPSA) is 63.7 Å². The van der Waals surface area contributed by atoms with Gasteiger partial charge in [-0.25, -0.2) is 9.97 Å². The Morgan fingerprint density at radius 1 is 1.11 bits per heavy atom. The minimum Gasteiger partial charge on any atom is -0.471 e. The van der Waals surface area contributed by atoms with E-state index in [9.17, 15) is 0 Å². The van der Waals surface area contributed by atoms with Crippen LogP contribution in [-0.4, -0.2) is 19.9 Å². The zero-order valence-corrected chi connectivity index (χ0v) is 10.9. The Labute approximate surface area is 111 Å².